The molecule has 0 aliphatic carbocycles. The number of allylic oxidation sites excluding steroid dienone is 2. The van der Waals surface area contributed by atoms with Gasteiger partial charge in [-0.15, -0.1) is 0 Å². The minimum Gasteiger partial charge on any atom is -0.369 e. The predicted molar refractivity (Wildman–Crippen MR) is 61.2 cm³/mol. The number of hydrogen-bond acceptors (Lipinski definition) is 3. The predicted octanol–water partition coefficient (Wildman–Crippen LogP) is 1.53. The van der Waals surface area contributed by atoms with Crippen LogP contribution in [-0.2, 0) is 0 Å². The Balaban J connectivity index is 2.42. The van der Waals surface area contributed by atoms with E-state index in [9.17, 15) is 0 Å². The van der Waals surface area contributed by atoms with Crippen LogP contribution in [0.2, 0.25) is 0 Å². The second-order valence-electron chi connectivity index (χ2n) is 3.66. The van der Waals surface area contributed by atoms with Gasteiger partial charge in [0.15, 0.2) is 0 Å². The van der Waals surface area contributed by atoms with Crippen molar-refractivity contribution in [1.29, 1.82) is 0 Å². The van der Waals surface area contributed by atoms with Gasteiger partial charge >= 0.3 is 0 Å². The summed E-state index contributed by atoms with van der Waals surface area (Å²) in [5.74, 6) is 0. The molecule has 3 heteroatoms. The van der Waals surface area contributed by atoms with Gasteiger partial charge in [-0.05, 0) is 12.8 Å². The number of aliphatic imine (C=N–C) groups is 1. The molecule has 1 atom stereocenters. The first-order chi connectivity index (χ1) is 6.63. The highest BCUT2D eigenvalue weighted by Crippen LogP contribution is 2.11. The fraction of sp³-hybridized carbons (Fsp3) is 0.545. The maximum Gasteiger partial charge on any atom is 0.0498 e. The molecule has 1 fully saturated rings. The molecular formula is C11H19N3. The summed E-state index contributed by atoms with van der Waals surface area (Å²) in [6.07, 6.45) is 3.70. The highest BCUT2D eigenvalue weighted by molar-refractivity contribution is 5.77. The first kappa shape index (κ1) is 11.0. The quantitative estimate of drug-likeness (QED) is 0.688. The average molecular weight is 193 g/mol. The Kier molecular flexibility index (Phi) is 3.89. The number of hydrogen-bond donors (Lipinski definition) is 1. The lowest BCUT2D eigenvalue weighted by molar-refractivity contribution is 0.444. The third-order valence-corrected chi connectivity index (χ3v) is 2.44. The summed E-state index contributed by atoms with van der Waals surface area (Å²) in [5.41, 5.74) is 7.62. The molecule has 1 unspecified atom stereocenters. The van der Waals surface area contributed by atoms with Gasteiger partial charge in [0.1, 0.15) is 0 Å². The summed E-state index contributed by atoms with van der Waals surface area (Å²) in [4.78, 5) is 6.37. The van der Waals surface area contributed by atoms with Crippen LogP contribution in [0.1, 0.15) is 19.8 Å². The van der Waals surface area contributed by atoms with Gasteiger partial charge in [0.2, 0.25) is 0 Å². The summed E-state index contributed by atoms with van der Waals surface area (Å²) >= 11 is 0. The normalized spacial score (nSPS) is 21.9. The molecule has 1 aliphatic heterocycles. The molecule has 0 amide bonds. The minimum atomic E-state index is 0.287. The first-order valence-electron chi connectivity index (χ1n) is 5.04. The average Bonchev–Trinajstić information content (AvgIpc) is 2.60. The van der Waals surface area contributed by atoms with Crippen molar-refractivity contribution < 1.29 is 0 Å². The molecule has 2 N–H and O–H groups in total. The number of rotatable bonds is 4. The second-order valence-corrected chi connectivity index (χ2v) is 3.66. The third kappa shape index (κ3) is 3.00. The first-order valence-corrected chi connectivity index (χ1v) is 5.04. The zero-order valence-corrected chi connectivity index (χ0v) is 8.87. The van der Waals surface area contributed by atoms with Crippen molar-refractivity contribution in [2.24, 2.45) is 10.7 Å². The molecule has 0 bridgehead atoms. The van der Waals surface area contributed by atoms with Crippen molar-refractivity contribution in [2.75, 3.05) is 13.1 Å². The minimum absolute atomic E-state index is 0.287. The molecule has 0 spiro atoms. The van der Waals surface area contributed by atoms with Gasteiger partial charge in [-0.25, -0.2) is 0 Å². The monoisotopic (exact) mass is 193 g/mol. The van der Waals surface area contributed by atoms with E-state index in [1.54, 1.807) is 6.21 Å². The molecular weight excluding hydrogens is 174 g/mol. The van der Waals surface area contributed by atoms with E-state index in [-0.39, 0.29) is 6.04 Å². The molecule has 14 heavy (non-hydrogen) atoms. The molecule has 3 nitrogen and oxygen atoms in total. The Bertz CT molecular complexity index is 255. The van der Waals surface area contributed by atoms with Crippen molar-refractivity contribution in [1.82, 2.24) is 4.90 Å². The standard InChI is InChI=1S/C11H19N3/c1-4-9(2)13-7-10(3)14-6-5-11(12)8-14/h7,11H,2-6,8,12H2,1H3. The molecule has 0 aromatic carbocycles. The number of likely N-dealkylation sites (tertiary alicyclic amines) is 1. The zero-order valence-electron chi connectivity index (χ0n) is 8.87. The van der Waals surface area contributed by atoms with Crippen LogP contribution < -0.4 is 5.73 Å². The molecule has 0 aromatic heterocycles. The van der Waals surface area contributed by atoms with Crippen LogP contribution in [0.3, 0.4) is 0 Å². The van der Waals surface area contributed by atoms with Gasteiger partial charge in [-0.3, -0.25) is 4.99 Å². The smallest absolute Gasteiger partial charge is 0.0498 e. The molecule has 1 heterocycles. The van der Waals surface area contributed by atoms with Crippen LogP contribution in [0.15, 0.2) is 29.5 Å². The van der Waals surface area contributed by atoms with E-state index >= 15 is 0 Å². The molecule has 0 aromatic rings. The van der Waals surface area contributed by atoms with E-state index in [1.165, 1.54) is 0 Å². The molecule has 0 saturated carbocycles. The van der Waals surface area contributed by atoms with Gasteiger partial charge in [0, 0.05) is 36.7 Å². The summed E-state index contributed by atoms with van der Waals surface area (Å²) < 4.78 is 0. The fourth-order valence-electron chi connectivity index (χ4n) is 1.39. The van der Waals surface area contributed by atoms with Crippen molar-refractivity contribution in [3.63, 3.8) is 0 Å². The summed E-state index contributed by atoms with van der Waals surface area (Å²) in [6.45, 7) is 11.7. The highest BCUT2D eigenvalue weighted by Gasteiger charge is 2.18. The molecule has 1 aliphatic rings. The summed E-state index contributed by atoms with van der Waals surface area (Å²) in [5, 5.41) is 0. The molecule has 1 saturated heterocycles. The van der Waals surface area contributed by atoms with E-state index in [0.29, 0.717) is 0 Å². The highest BCUT2D eigenvalue weighted by atomic mass is 15.2. The van der Waals surface area contributed by atoms with Crippen molar-refractivity contribution in [3.8, 4) is 0 Å². The molecule has 0 radical (unpaired) electrons. The summed E-state index contributed by atoms with van der Waals surface area (Å²) in [7, 11) is 0. The Hall–Kier alpha value is -1.09. The summed E-state index contributed by atoms with van der Waals surface area (Å²) in [6, 6.07) is 0.287. The Labute approximate surface area is 86.0 Å². The second kappa shape index (κ2) is 4.96. The molecule has 1 rings (SSSR count). The Morgan fingerprint density at radius 3 is 2.86 bits per heavy atom. The lowest BCUT2D eigenvalue weighted by atomic mass is 10.3. The van der Waals surface area contributed by atoms with Crippen LogP contribution in [-0.4, -0.2) is 30.2 Å². The number of nitrogens with two attached hydrogens (primary N) is 1. The van der Waals surface area contributed by atoms with Crippen LogP contribution >= 0.6 is 0 Å². The van der Waals surface area contributed by atoms with Crippen LogP contribution in [0, 0.1) is 0 Å². The van der Waals surface area contributed by atoms with Gasteiger partial charge in [0.05, 0.1) is 0 Å². The van der Waals surface area contributed by atoms with Crippen molar-refractivity contribution in [2.45, 2.75) is 25.8 Å². The third-order valence-electron chi connectivity index (χ3n) is 2.44. The lowest BCUT2D eigenvalue weighted by Crippen LogP contribution is -2.26. The lowest BCUT2D eigenvalue weighted by Gasteiger charge is -2.17. The van der Waals surface area contributed by atoms with Gasteiger partial charge < -0.3 is 10.6 Å². The van der Waals surface area contributed by atoms with E-state index in [2.05, 4.69) is 23.1 Å². The fourth-order valence-corrected chi connectivity index (χ4v) is 1.39. The van der Waals surface area contributed by atoms with Crippen LogP contribution in [0.4, 0.5) is 0 Å². The molecule has 78 valence electrons. The van der Waals surface area contributed by atoms with E-state index in [4.69, 9.17) is 5.73 Å². The maximum absolute atomic E-state index is 5.80. The number of nitrogens with zero attached hydrogens (tertiary/aromatic N) is 2. The maximum atomic E-state index is 5.80. The Morgan fingerprint density at radius 2 is 2.36 bits per heavy atom. The topological polar surface area (TPSA) is 41.6 Å². The van der Waals surface area contributed by atoms with E-state index < -0.39 is 0 Å². The van der Waals surface area contributed by atoms with Crippen molar-refractivity contribution >= 4 is 6.21 Å². The van der Waals surface area contributed by atoms with Gasteiger partial charge in [-0.1, -0.05) is 20.1 Å². The van der Waals surface area contributed by atoms with Crippen molar-refractivity contribution in [3.05, 3.63) is 24.6 Å². The van der Waals surface area contributed by atoms with Gasteiger partial charge in [0.25, 0.3) is 0 Å². The van der Waals surface area contributed by atoms with Gasteiger partial charge in [-0.2, -0.15) is 0 Å². The van der Waals surface area contributed by atoms with Crippen LogP contribution in [0.25, 0.3) is 0 Å². The van der Waals surface area contributed by atoms with E-state index in [1.807, 2.05) is 6.92 Å². The van der Waals surface area contributed by atoms with Crippen LogP contribution in [0.5, 0.6) is 0 Å². The largest absolute Gasteiger partial charge is 0.369 e. The zero-order chi connectivity index (χ0) is 10.6. The van der Waals surface area contributed by atoms with E-state index in [0.717, 1.165) is 37.3 Å². The SMILES string of the molecule is C=C(CC)N=CC(=C)N1CCC(N)C1. The Morgan fingerprint density at radius 1 is 1.64 bits per heavy atom.